The van der Waals surface area contributed by atoms with Gasteiger partial charge in [-0.05, 0) is 12.0 Å². The highest BCUT2D eigenvalue weighted by atomic mass is 31.1. The molecular weight excluding hydrogens is 179 g/mol. The van der Waals surface area contributed by atoms with E-state index in [0.717, 1.165) is 8.58 Å². The van der Waals surface area contributed by atoms with Crippen LogP contribution in [0.3, 0.4) is 0 Å². The van der Waals surface area contributed by atoms with Crippen molar-refractivity contribution >= 4 is 27.1 Å². The van der Waals surface area contributed by atoms with Crippen LogP contribution >= 0.6 is 8.58 Å². The summed E-state index contributed by atoms with van der Waals surface area (Å²) in [6.07, 6.45) is 0. The molecule has 0 aliphatic carbocycles. The molecular formula is C10H17PSi. The Labute approximate surface area is 78.2 Å². The SMILES string of the molecule is CPc1ccccc1[Si](C)(C)C. The molecule has 1 aromatic carbocycles. The lowest BCUT2D eigenvalue weighted by Gasteiger charge is -2.19. The van der Waals surface area contributed by atoms with Gasteiger partial charge in [0.15, 0.2) is 0 Å². The molecule has 0 fully saturated rings. The molecule has 1 rings (SSSR count). The molecule has 0 heterocycles. The molecule has 0 amide bonds. The van der Waals surface area contributed by atoms with Crippen LogP contribution in [0.15, 0.2) is 24.3 Å². The molecule has 0 aromatic heterocycles. The van der Waals surface area contributed by atoms with E-state index in [1.54, 1.807) is 10.5 Å². The zero-order valence-corrected chi connectivity index (χ0v) is 10.3. The highest BCUT2D eigenvalue weighted by molar-refractivity contribution is 7.47. The van der Waals surface area contributed by atoms with Crippen molar-refractivity contribution < 1.29 is 0 Å². The van der Waals surface area contributed by atoms with Crippen molar-refractivity contribution in [1.82, 2.24) is 0 Å². The highest BCUT2D eigenvalue weighted by Gasteiger charge is 2.18. The average molecular weight is 196 g/mol. The lowest BCUT2D eigenvalue weighted by Crippen LogP contribution is -2.44. The molecule has 0 nitrogen and oxygen atoms in total. The Morgan fingerprint density at radius 3 is 2.08 bits per heavy atom. The van der Waals surface area contributed by atoms with Gasteiger partial charge in [0.2, 0.25) is 0 Å². The van der Waals surface area contributed by atoms with E-state index in [-0.39, 0.29) is 0 Å². The number of rotatable bonds is 2. The fourth-order valence-corrected chi connectivity index (χ4v) is 4.96. The summed E-state index contributed by atoms with van der Waals surface area (Å²) in [4.78, 5) is 0. The van der Waals surface area contributed by atoms with Crippen LogP contribution in [0.2, 0.25) is 19.6 Å². The smallest absolute Gasteiger partial charge is 0.0784 e. The minimum atomic E-state index is -1.09. The largest absolute Gasteiger partial charge is 0.0937 e. The van der Waals surface area contributed by atoms with Crippen molar-refractivity contribution in [3.05, 3.63) is 24.3 Å². The van der Waals surface area contributed by atoms with Crippen molar-refractivity contribution in [2.45, 2.75) is 19.6 Å². The number of hydrogen-bond acceptors (Lipinski definition) is 0. The minimum Gasteiger partial charge on any atom is -0.0937 e. The lowest BCUT2D eigenvalue weighted by molar-refractivity contribution is 1.71. The van der Waals surface area contributed by atoms with Gasteiger partial charge in [-0.25, -0.2) is 0 Å². The zero-order chi connectivity index (χ0) is 9.19. The van der Waals surface area contributed by atoms with E-state index in [0.29, 0.717) is 0 Å². The second kappa shape index (κ2) is 3.72. The molecule has 0 aliphatic rings. The summed E-state index contributed by atoms with van der Waals surface area (Å²) in [5.41, 5.74) is 0. The van der Waals surface area contributed by atoms with Gasteiger partial charge in [0.1, 0.15) is 0 Å². The molecule has 0 spiro atoms. The van der Waals surface area contributed by atoms with Crippen molar-refractivity contribution in [2.75, 3.05) is 6.66 Å². The quantitative estimate of drug-likeness (QED) is 0.502. The summed E-state index contributed by atoms with van der Waals surface area (Å²) in [5.74, 6) is 0. The van der Waals surface area contributed by atoms with Gasteiger partial charge in [-0.3, -0.25) is 0 Å². The molecule has 1 unspecified atom stereocenters. The summed E-state index contributed by atoms with van der Waals surface area (Å²) in [5, 5.41) is 3.20. The summed E-state index contributed by atoms with van der Waals surface area (Å²) in [6.45, 7) is 9.49. The Kier molecular flexibility index (Phi) is 3.08. The van der Waals surface area contributed by atoms with Crippen molar-refractivity contribution in [3.8, 4) is 0 Å². The second-order valence-electron chi connectivity index (χ2n) is 4.05. The molecule has 2 heteroatoms. The van der Waals surface area contributed by atoms with Crippen molar-refractivity contribution in [1.29, 1.82) is 0 Å². The summed E-state index contributed by atoms with van der Waals surface area (Å²) in [6, 6.07) is 8.89. The van der Waals surface area contributed by atoms with Gasteiger partial charge >= 0.3 is 0 Å². The molecule has 0 bridgehead atoms. The fraction of sp³-hybridized carbons (Fsp3) is 0.400. The van der Waals surface area contributed by atoms with Crippen molar-refractivity contribution in [2.24, 2.45) is 0 Å². The Morgan fingerprint density at radius 1 is 1.08 bits per heavy atom. The standard InChI is InChI=1S/C10H17PSi/c1-11-9-7-5-6-8-10(9)12(2,3)4/h5-8,11H,1-4H3. The molecule has 1 aromatic rings. The fourth-order valence-electron chi connectivity index (χ4n) is 1.36. The third-order valence-electron chi connectivity index (χ3n) is 2.00. The van der Waals surface area contributed by atoms with Gasteiger partial charge < -0.3 is 0 Å². The topological polar surface area (TPSA) is 0 Å². The van der Waals surface area contributed by atoms with Gasteiger partial charge in [-0.15, -0.1) is 0 Å². The van der Waals surface area contributed by atoms with E-state index in [1.165, 1.54) is 0 Å². The van der Waals surface area contributed by atoms with Crippen LogP contribution in [0.1, 0.15) is 0 Å². The Morgan fingerprint density at radius 2 is 1.67 bits per heavy atom. The minimum absolute atomic E-state index is 0.937. The second-order valence-corrected chi connectivity index (χ2v) is 10.1. The lowest BCUT2D eigenvalue weighted by atomic mass is 10.4. The van der Waals surface area contributed by atoms with Crippen LogP contribution in [0, 0.1) is 0 Å². The first-order valence-corrected chi connectivity index (χ1v) is 9.33. The van der Waals surface area contributed by atoms with E-state index in [2.05, 4.69) is 50.6 Å². The van der Waals surface area contributed by atoms with E-state index in [9.17, 15) is 0 Å². The zero-order valence-electron chi connectivity index (χ0n) is 8.31. The summed E-state index contributed by atoms with van der Waals surface area (Å²) < 4.78 is 0. The maximum atomic E-state index is 2.41. The molecule has 0 saturated carbocycles. The maximum absolute atomic E-state index is 2.41. The van der Waals surface area contributed by atoms with Gasteiger partial charge in [0, 0.05) is 0 Å². The van der Waals surface area contributed by atoms with Gasteiger partial charge in [0.05, 0.1) is 8.07 Å². The predicted octanol–water partition coefficient (Wildman–Crippen LogP) is 2.17. The molecule has 0 N–H and O–H groups in total. The Hall–Kier alpha value is -0.133. The molecule has 0 aliphatic heterocycles. The maximum Gasteiger partial charge on any atom is 0.0784 e. The summed E-state index contributed by atoms with van der Waals surface area (Å²) >= 11 is 0. The number of benzene rings is 1. The average Bonchev–Trinajstić information content (AvgIpc) is 2.03. The molecule has 12 heavy (non-hydrogen) atoms. The first-order valence-electron chi connectivity index (χ1n) is 4.33. The molecule has 0 radical (unpaired) electrons. The van der Waals surface area contributed by atoms with Crippen LogP contribution in [-0.4, -0.2) is 14.7 Å². The van der Waals surface area contributed by atoms with Gasteiger partial charge in [-0.2, -0.15) is 0 Å². The molecule has 66 valence electrons. The number of hydrogen-bond donors (Lipinski definition) is 0. The van der Waals surface area contributed by atoms with E-state index >= 15 is 0 Å². The van der Waals surface area contributed by atoms with Crippen LogP contribution < -0.4 is 10.5 Å². The third-order valence-corrected chi connectivity index (χ3v) is 5.28. The van der Waals surface area contributed by atoms with Crippen LogP contribution in [0.4, 0.5) is 0 Å². The highest BCUT2D eigenvalue weighted by Crippen LogP contribution is 2.07. The van der Waals surface area contributed by atoms with Crippen LogP contribution in [-0.2, 0) is 0 Å². The Balaban J connectivity index is 3.14. The van der Waals surface area contributed by atoms with Crippen LogP contribution in [0.5, 0.6) is 0 Å². The van der Waals surface area contributed by atoms with E-state index < -0.39 is 8.07 Å². The van der Waals surface area contributed by atoms with Gasteiger partial charge in [-0.1, -0.05) is 57.7 Å². The predicted molar refractivity (Wildman–Crippen MR) is 63.3 cm³/mol. The van der Waals surface area contributed by atoms with E-state index in [4.69, 9.17) is 0 Å². The van der Waals surface area contributed by atoms with E-state index in [1.807, 2.05) is 0 Å². The Bertz CT molecular complexity index is 263. The van der Waals surface area contributed by atoms with Crippen molar-refractivity contribution in [3.63, 3.8) is 0 Å². The normalized spacial score (nSPS) is 12.7. The monoisotopic (exact) mass is 196 g/mol. The first-order chi connectivity index (χ1) is 5.55. The van der Waals surface area contributed by atoms with Gasteiger partial charge in [0.25, 0.3) is 0 Å². The van der Waals surface area contributed by atoms with Crippen LogP contribution in [0.25, 0.3) is 0 Å². The molecule has 1 atom stereocenters. The first kappa shape index (κ1) is 9.95. The molecule has 0 saturated heterocycles. The summed E-state index contributed by atoms with van der Waals surface area (Å²) in [7, 11) is -0.155. The third kappa shape index (κ3) is 2.18.